The average molecular weight is 327 g/mol. The summed E-state index contributed by atoms with van der Waals surface area (Å²) in [7, 11) is 1.87. The summed E-state index contributed by atoms with van der Waals surface area (Å²) in [6.45, 7) is 7.64. The van der Waals surface area contributed by atoms with Crippen LogP contribution in [0.3, 0.4) is 0 Å². The Morgan fingerprint density at radius 2 is 1.92 bits per heavy atom. The minimum Gasteiger partial charge on any atom is -0.356 e. The van der Waals surface area contributed by atoms with Crippen molar-refractivity contribution in [3.63, 3.8) is 0 Å². The molecule has 0 unspecified atom stereocenters. The van der Waals surface area contributed by atoms with E-state index in [1.807, 2.05) is 46.0 Å². The lowest BCUT2D eigenvalue weighted by molar-refractivity contribution is 0.0929. The molecule has 1 aliphatic heterocycles. The highest BCUT2D eigenvalue weighted by Gasteiger charge is 2.24. The molecule has 0 aliphatic carbocycles. The van der Waals surface area contributed by atoms with Crippen LogP contribution in [0, 0.1) is 20.8 Å². The van der Waals surface area contributed by atoms with Crippen molar-refractivity contribution in [2.24, 2.45) is 7.05 Å². The highest BCUT2D eigenvalue weighted by Crippen LogP contribution is 2.19. The zero-order chi connectivity index (χ0) is 17.3. The fourth-order valence-electron chi connectivity index (χ4n) is 3.32. The minimum absolute atomic E-state index is 0.00905. The summed E-state index contributed by atoms with van der Waals surface area (Å²) >= 11 is 0. The summed E-state index contributed by atoms with van der Waals surface area (Å²) in [4.78, 5) is 19.4. The van der Waals surface area contributed by atoms with Crippen LogP contribution in [0.5, 0.6) is 0 Å². The maximum Gasteiger partial charge on any atom is 0.255 e. The van der Waals surface area contributed by atoms with Gasteiger partial charge in [-0.25, -0.2) is 4.98 Å². The highest BCUT2D eigenvalue weighted by molar-refractivity contribution is 5.96. The number of piperidine rings is 1. The van der Waals surface area contributed by atoms with Crippen LogP contribution < -0.4 is 10.2 Å². The maximum absolute atomic E-state index is 12.6. The fraction of sp³-hybridized carbons (Fsp3) is 0.500. The van der Waals surface area contributed by atoms with Crippen molar-refractivity contribution >= 4 is 11.7 Å². The fourth-order valence-corrected chi connectivity index (χ4v) is 3.32. The van der Waals surface area contributed by atoms with Gasteiger partial charge in [0.15, 0.2) is 0 Å². The number of carbonyl (C=O) groups is 1. The number of pyridine rings is 1. The zero-order valence-corrected chi connectivity index (χ0v) is 14.8. The van der Waals surface area contributed by atoms with Crippen LogP contribution in [-0.2, 0) is 7.05 Å². The third kappa shape index (κ3) is 3.27. The van der Waals surface area contributed by atoms with Gasteiger partial charge < -0.3 is 10.2 Å². The van der Waals surface area contributed by atoms with Crippen LogP contribution in [-0.4, -0.2) is 39.8 Å². The molecule has 1 fully saturated rings. The molecule has 1 amide bonds. The normalized spacial score (nSPS) is 15.6. The summed E-state index contributed by atoms with van der Waals surface area (Å²) in [6, 6.07) is 6.31. The number of hydrogen-bond acceptors (Lipinski definition) is 4. The van der Waals surface area contributed by atoms with Crippen molar-refractivity contribution in [1.29, 1.82) is 0 Å². The largest absolute Gasteiger partial charge is 0.356 e. The summed E-state index contributed by atoms with van der Waals surface area (Å²) in [5.74, 6) is 1.02. The number of aromatic nitrogens is 3. The van der Waals surface area contributed by atoms with Gasteiger partial charge in [-0.15, -0.1) is 0 Å². The quantitative estimate of drug-likeness (QED) is 0.938. The molecule has 0 aromatic carbocycles. The second-order valence-electron chi connectivity index (χ2n) is 6.54. The smallest absolute Gasteiger partial charge is 0.255 e. The van der Waals surface area contributed by atoms with Gasteiger partial charge in [-0.3, -0.25) is 9.48 Å². The van der Waals surface area contributed by atoms with E-state index in [2.05, 4.69) is 20.3 Å². The number of aryl methyl sites for hydroxylation is 3. The monoisotopic (exact) mass is 327 g/mol. The number of carbonyl (C=O) groups excluding carboxylic acids is 1. The van der Waals surface area contributed by atoms with E-state index in [1.165, 1.54) is 0 Å². The predicted molar refractivity (Wildman–Crippen MR) is 94.4 cm³/mol. The van der Waals surface area contributed by atoms with Gasteiger partial charge >= 0.3 is 0 Å². The molecule has 0 saturated carbocycles. The molecular weight excluding hydrogens is 302 g/mol. The van der Waals surface area contributed by atoms with Crippen molar-refractivity contribution in [3.05, 3.63) is 40.8 Å². The summed E-state index contributed by atoms with van der Waals surface area (Å²) < 4.78 is 1.76. The van der Waals surface area contributed by atoms with Crippen LogP contribution in [0.25, 0.3) is 0 Å². The first-order valence-electron chi connectivity index (χ1n) is 8.45. The van der Waals surface area contributed by atoms with Crippen LogP contribution in [0.1, 0.15) is 40.3 Å². The van der Waals surface area contributed by atoms with E-state index >= 15 is 0 Å². The molecule has 128 valence electrons. The second kappa shape index (κ2) is 6.63. The standard InChI is InChI=1S/C18H25N5O/c1-12-6-5-7-16(19-12)23-10-8-15(9-11-23)20-18(24)17-13(2)21-22(4)14(17)3/h5-7,15H,8-11H2,1-4H3,(H,20,24). The third-order valence-electron chi connectivity index (χ3n) is 4.76. The van der Waals surface area contributed by atoms with E-state index in [-0.39, 0.29) is 11.9 Å². The minimum atomic E-state index is -0.00905. The number of nitrogens with zero attached hydrogens (tertiary/aromatic N) is 4. The lowest BCUT2D eigenvalue weighted by Crippen LogP contribution is -2.45. The number of nitrogens with one attached hydrogen (secondary N) is 1. The summed E-state index contributed by atoms with van der Waals surface area (Å²) in [5, 5.41) is 7.50. The molecule has 1 N–H and O–H groups in total. The molecule has 24 heavy (non-hydrogen) atoms. The van der Waals surface area contributed by atoms with Gasteiger partial charge in [0.1, 0.15) is 5.82 Å². The number of anilines is 1. The van der Waals surface area contributed by atoms with E-state index in [0.717, 1.165) is 48.8 Å². The molecule has 1 aliphatic rings. The first-order valence-corrected chi connectivity index (χ1v) is 8.45. The molecule has 0 radical (unpaired) electrons. The van der Waals surface area contributed by atoms with E-state index in [4.69, 9.17) is 0 Å². The van der Waals surface area contributed by atoms with Crippen LogP contribution in [0.2, 0.25) is 0 Å². The van der Waals surface area contributed by atoms with E-state index in [1.54, 1.807) is 4.68 Å². The number of rotatable bonds is 3. The Morgan fingerprint density at radius 1 is 1.21 bits per heavy atom. The van der Waals surface area contributed by atoms with E-state index < -0.39 is 0 Å². The van der Waals surface area contributed by atoms with Crippen molar-refractivity contribution in [2.75, 3.05) is 18.0 Å². The first-order chi connectivity index (χ1) is 11.5. The molecular formula is C18H25N5O. The second-order valence-corrected chi connectivity index (χ2v) is 6.54. The Bertz CT molecular complexity index is 744. The Hall–Kier alpha value is -2.37. The van der Waals surface area contributed by atoms with Gasteiger partial charge in [0, 0.05) is 37.6 Å². The van der Waals surface area contributed by atoms with Crippen LogP contribution in [0.4, 0.5) is 5.82 Å². The van der Waals surface area contributed by atoms with Gasteiger partial charge in [-0.05, 0) is 45.7 Å². The number of amides is 1. The summed E-state index contributed by atoms with van der Waals surface area (Å²) in [5.41, 5.74) is 3.44. The van der Waals surface area contributed by atoms with Crippen molar-refractivity contribution in [2.45, 2.75) is 39.7 Å². The maximum atomic E-state index is 12.6. The number of hydrogen-bond donors (Lipinski definition) is 1. The molecule has 2 aromatic rings. The SMILES string of the molecule is Cc1cccc(N2CCC(NC(=O)c3c(C)nn(C)c3C)CC2)n1. The van der Waals surface area contributed by atoms with Gasteiger partial charge in [0.25, 0.3) is 5.91 Å². The van der Waals surface area contributed by atoms with Gasteiger partial charge in [-0.1, -0.05) is 6.07 Å². The van der Waals surface area contributed by atoms with Crippen molar-refractivity contribution < 1.29 is 4.79 Å². The Kier molecular flexibility index (Phi) is 4.55. The highest BCUT2D eigenvalue weighted by atomic mass is 16.1. The van der Waals surface area contributed by atoms with Gasteiger partial charge in [0.05, 0.1) is 11.3 Å². The molecule has 3 rings (SSSR count). The third-order valence-corrected chi connectivity index (χ3v) is 4.76. The molecule has 3 heterocycles. The van der Waals surface area contributed by atoms with Crippen LogP contribution >= 0.6 is 0 Å². The lowest BCUT2D eigenvalue weighted by atomic mass is 10.0. The Morgan fingerprint density at radius 3 is 2.50 bits per heavy atom. The average Bonchev–Trinajstić information content (AvgIpc) is 2.80. The predicted octanol–water partition coefficient (Wildman–Crippen LogP) is 2.14. The molecule has 2 aromatic heterocycles. The van der Waals surface area contributed by atoms with E-state index in [0.29, 0.717) is 5.56 Å². The molecule has 1 saturated heterocycles. The van der Waals surface area contributed by atoms with Gasteiger partial charge in [0.2, 0.25) is 0 Å². The van der Waals surface area contributed by atoms with E-state index in [9.17, 15) is 4.79 Å². The summed E-state index contributed by atoms with van der Waals surface area (Å²) in [6.07, 6.45) is 1.86. The van der Waals surface area contributed by atoms with Crippen molar-refractivity contribution in [1.82, 2.24) is 20.1 Å². The first kappa shape index (κ1) is 16.5. The molecule has 6 heteroatoms. The van der Waals surface area contributed by atoms with Crippen molar-refractivity contribution in [3.8, 4) is 0 Å². The molecule has 6 nitrogen and oxygen atoms in total. The molecule has 0 bridgehead atoms. The lowest BCUT2D eigenvalue weighted by Gasteiger charge is -2.33. The van der Waals surface area contributed by atoms with Crippen LogP contribution in [0.15, 0.2) is 18.2 Å². The Balaban J connectivity index is 1.60. The molecule has 0 atom stereocenters. The zero-order valence-electron chi connectivity index (χ0n) is 14.8. The Labute approximate surface area is 142 Å². The topological polar surface area (TPSA) is 63.1 Å². The van der Waals surface area contributed by atoms with Gasteiger partial charge in [-0.2, -0.15) is 5.10 Å². The molecule has 0 spiro atoms.